The van der Waals surface area contributed by atoms with E-state index in [2.05, 4.69) is 35.6 Å². The minimum atomic E-state index is -0.431. The van der Waals surface area contributed by atoms with E-state index in [4.69, 9.17) is 4.74 Å². The Bertz CT molecular complexity index is 1440. The molecule has 0 radical (unpaired) electrons. The number of carbonyl (C=O) groups excluding carboxylic acids is 2. The van der Waals surface area contributed by atoms with Crippen LogP contribution in [-0.4, -0.2) is 67.4 Å². The first kappa shape index (κ1) is 26.1. The van der Waals surface area contributed by atoms with E-state index in [9.17, 15) is 9.59 Å². The van der Waals surface area contributed by atoms with Crippen LogP contribution in [-0.2, 0) is 9.53 Å². The number of anilines is 2. The van der Waals surface area contributed by atoms with Crippen LogP contribution in [0.1, 0.15) is 40.0 Å². The summed E-state index contributed by atoms with van der Waals surface area (Å²) in [5.74, 6) is 1.71. The highest BCUT2D eigenvalue weighted by Crippen LogP contribution is 2.37. The van der Waals surface area contributed by atoms with Crippen molar-refractivity contribution in [3.63, 3.8) is 0 Å². The molecule has 0 spiro atoms. The summed E-state index contributed by atoms with van der Waals surface area (Å²) in [7, 11) is 0. The molecule has 5 rings (SSSR count). The Kier molecular flexibility index (Phi) is 7.44. The number of carbonyl (C=O) groups is 2. The summed E-state index contributed by atoms with van der Waals surface area (Å²) in [6.45, 7) is 8.04. The van der Waals surface area contributed by atoms with Gasteiger partial charge in [0, 0.05) is 50.0 Å². The molecule has 204 valence electrons. The lowest BCUT2D eigenvalue weighted by atomic mass is 9.76. The molecular weight excluding hydrogens is 498 g/mol. The van der Waals surface area contributed by atoms with Crippen molar-refractivity contribution in [3.05, 3.63) is 49.2 Å². The van der Waals surface area contributed by atoms with Gasteiger partial charge in [-0.25, -0.2) is 24.4 Å². The van der Waals surface area contributed by atoms with Gasteiger partial charge < -0.3 is 15.0 Å². The van der Waals surface area contributed by atoms with Crippen molar-refractivity contribution >= 4 is 29.4 Å². The van der Waals surface area contributed by atoms with Gasteiger partial charge in [-0.2, -0.15) is 5.10 Å². The minimum Gasteiger partial charge on any atom is -0.466 e. The number of imidazole rings is 1. The van der Waals surface area contributed by atoms with Gasteiger partial charge in [-0.05, 0) is 56.9 Å². The summed E-state index contributed by atoms with van der Waals surface area (Å²) >= 11 is 0. The summed E-state index contributed by atoms with van der Waals surface area (Å²) in [5, 5.41) is 9.86. The first-order valence-electron chi connectivity index (χ1n) is 13.3. The number of hydrogen-bond acceptors (Lipinski definition) is 8. The number of amides is 2. The zero-order valence-corrected chi connectivity index (χ0v) is 22.4. The van der Waals surface area contributed by atoms with Crippen molar-refractivity contribution in [2.75, 3.05) is 36.5 Å². The Balaban J connectivity index is 1.40. The van der Waals surface area contributed by atoms with Crippen LogP contribution in [0.4, 0.5) is 16.6 Å². The third-order valence-corrected chi connectivity index (χ3v) is 7.23. The van der Waals surface area contributed by atoms with E-state index in [-0.39, 0.29) is 12.0 Å². The molecule has 12 nitrogen and oxygen atoms in total. The molecule has 12 heteroatoms. The summed E-state index contributed by atoms with van der Waals surface area (Å²) in [6.07, 6.45) is 11.1. The highest BCUT2D eigenvalue weighted by atomic mass is 16.5. The van der Waals surface area contributed by atoms with E-state index >= 15 is 0 Å². The Hall–Kier alpha value is -4.48. The fourth-order valence-electron chi connectivity index (χ4n) is 4.95. The largest absolute Gasteiger partial charge is 0.466 e. The van der Waals surface area contributed by atoms with E-state index in [1.807, 2.05) is 49.6 Å². The monoisotopic (exact) mass is 531 g/mol. The Morgan fingerprint density at radius 2 is 1.85 bits per heavy atom. The van der Waals surface area contributed by atoms with E-state index in [1.165, 1.54) is 0 Å². The van der Waals surface area contributed by atoms with E-state index in [0.717, 1.165) is 23.4 Å². The molecule has 0 bridgehead atoms. The van der Waals surface area contributed by atoms with Crippen LogP contribution in [0.15, 0.2) is 49.2 Å². The van der Waals surface area contributed by atoms with Gasteiger partial charge in [0.05, 0.1) is 18.2 Å². The van der Waals surface area contributed by atoms with Crippen molar-refractivity contribution in [3.8, 4) is 16.9 Å². The van der Waals surface area contributed by atoms with E-state index in [0.29, 0.717) is 56.5 Å². The lowest BCUT2D eigenvalue weighted by molar-refractivity contribution is -0.157. The molecule has 0 unspecified atom stereocenters. The molecule has 4 aromatic rings. The van der Waals surface area contributed by atoms with Crippen LogP contribution >= 0.6 is 0 Å². The lowest BCUT2D eigenvalue weighted by Gasteiger charge is -2.39. The van der Waals surface area contributed by atoms with Crippen molar-refractivity contribution in [1.29, 1.82) is 0 Å². The van der Waals surface area contributed by atoms with Gasteiger partial charge in [-0.1, -0.05) is 6.92 Å². The molecule has 0 saturated carbocycles. The molecule has 1 aliphatic heterocycles. The molecule has 2 N–H and O–H groups in total. The predicted octanol–water partition coefficient (Wildman–Crippen LogP) is 3.68. The molecule has 5 heterocycles. The molecule has 39 heavy (non-hydrogen) atoms. The van der Waals surface area contributed by atoms with Crippen LogP contribution in [0.5, 0.6) is 0 Å². The second-order valence-electron chi connectivity index (χ2n) is 9.50. The van der Waals surface area contributed by atoms with Gasteiger partial charge in [-0.15, -0.1) is 0 Å². The molecule has 1 saturated heterocycles. The molecule has 4 aromatic heterocycles. The summed E-state index contributed by atoms with van der Waals surface area (Å²) in [5.41, 5.74) is 1.89. The second kappa shape index (κ2) is 11.1. The fourth-order valence-corrected chi connectivity index (χ4v) is 4.95. The first-order chi connectivity index (χ1) is 19.0. The summed E-state index contributed by atoms with van der Waals surface area (Å²) < 4.78 is 8.96. The van der Waals surface area contributed by atoms with Gasteiger partial charge in [0.1, 0.15) is 11.5 Å². The number of nitrogens with one attached hydrogen (secondary N) is 2. The number of hydrogen-bond donors (Lipinski definition) is 2. The quantitative estimate of drug-likeness (QED) is 0.329. The zero-order chi connectivity index (χ0) is 27.4. The topological polar surface area (TPSA) is 132 Å². The average molecular weight is 532 g/mol. The zero-order valence-electron chi connectivity index (χ0n) is 22.4. The standard InChI is InChI=1S/C27H33N9O3/c1-4-27(24(37)39-6-3)8-12-34(13-9-27)25-29-16-20(17-30-25)19-14-22-32-21(33-26(38)28-5-2)18-35(22)23(15-19)36-11-7-10-31-36/h7,10-11,14-18H,4-6,8-9,12-13H2,1-3H3,(H2,28,33,38). The predicted molar refractivity (Wildman–Crippen MR) is 147 cm³/mol. The number of urea groups is 1. The Morgan fingerprint density at radius 1 is 1.08 bits per heavy atom. The average Bonchev–Trinajstić information content (AvgIpc) is 3.63. The van der Waals surface area contributed by atoms with Gasteiger partial charge in [0.2, 0.25) is 5.95 Å². The molecule has 2 amide bonds. The van der Waals surface area contributed by atoms with Crippen LogP contribution in [0.2, 0.25) is 0 Å². The maximum atomic E-state index is 12.6. The highest BCUT2D eigenvalue weighted by molar-refractivity contribution is 5.88. The fraction of sp³-hybridized carbons (Fsp3) is 0.407. The molecule has 0 aliphatic carbocycles. The minimum absolute atomic E-state index is 0.102. The van der Waals surface area contributed by atoms with Gasteiger partial charge in [0.15, 0.2) is 5.82 Å². The van der Waals surface area contributed by atoms with Crippen LogP contribution in [0.3, 0.4) is 0 Å². The summed E-state index contributed by atoms with van der Waals surface area (Å²) in [6, 6.07) is 5.42. The number of esters is 1. The number of piperidine rings is 1. The van der Waals surface area contributed by atoms with E-state index < -0.39 is 5.41 Å². The number of ether oxygens (including phenoxy) is 1. The number of fused-ring (bicyclic) bond motifs is 1. The van der Waals surface area contributed by atoms with Gasteiger partial charge in [-0.3, -0.25) is 14.5 Å². The normalized spacial score (nSPS) is 14.8. The second-order valence-corrected chi connectivity index (χ2v) is 9.50. The van der Waals surface area contributed by atoms with Crippen LogP contribution < -0.4 is 15.5 Å². The van der Waals surface area contributed by atoms with Crippen molar-refractivity contribution in [2.45, 2.75) is 40.0 Å². The summed E-state index contributed by atoms with van der Waals surface area (Å²) in [4.78, 5) is 40.6. The number of rotatable bonds is 8. The first-order valence-corrected chi connectivity index (χ1v) is 13.3. The molecular formula is C27H33N9O3. The van der Waals surface area contributed by atoms with Crippen LogP contribution in [0.25, 0.3) is 22.6 Å². The molecule has 1 aliphatic rings. The van der Waals surface area contributed by atoms with Crippen molar-refractivity contribution < 1.29 is 14.3 Å². The molecule has 0 atom stereocenters. The SMILES string of the molecule is CCNC(=O)Nc1cn2c(-n3cccn3)cc(-c3cnc(N4CCC(CC)(C(=O)OCC)CC4)nc3)cc2n1. The third kappa shape index (κ3) is 5.27. The Labute approximate surface area is 226 Å². The highest BCUT2D eigenvalue weighted by Gasteiger charge is 2.41. The lowest BCUT2D eigenvalue weighted by Crippen LogP contribution is -2.45. The van der Waals surface area contributed by atoms with Crippen LogP contribution in [0, 0.1) is 5.41 Å². The van der Waals surface area contributed by atoms with Gasteiger partial charge in [0.25, 0.3) is 0 Å². The number of aromatic nitrogens is 6. The maximum Gasteiger partial charge on any atom is 0.320 e. The number of pyridine rings is 1. The van der Waals surface area contributed by atoms with E-state index in [1.54, 1.807) is 29.5 Å². The smallest absolute Gasteiger partial charge is 0.320 e. The molecule has 0 aromatic carbocycles. The molecule has 1 fully saturated rings. The van der Waals surface area contributed by atoms with Crippen molar-refractivity contribution in [2.24, 2.45) is 5.41 Å². The third-order valence-electron chi connectivity index (χ3n) is 7.23. The van der Waals surface area contributed by atoms with Gasteiger partial charge >= 0.3 is 12.0 Å². The number of nitrogens with zero attached hydrogens (tertiary/aromatic N) is 7. The maximum absolute atomic E-state index is 12.6. The van der Waals surface area contributed by atoms with Crippen molar-refractivity contribution in [1.82, 2.24) is 34.4 Å². The Morgan fingerprint density at radius 3 is 2.49 bits per heavy atom.